The molecule has 0 bridgehead atoms. The van der Waals surface area contributed by atoms with Crippen LogP contribution in [0.3, 0.4) is 0 Å². The molecule has 5 heteroatoms. The van der Waals surface area contributed by atoms with Crippen LogP contribution in [0, 0.1) is 5.82 Å². The Kier molecular flexibility index (Phi) is 4.15. The Bertz CT molecular complexity index is 436. The van der Waals surface area contributed by atoms with Gasteiger partial charge in [0.05, 0.1) is 6.04 Å². The van der Waals surface area contributed by atoms with Crippen LogP contribution in [0.1, 0.15) is 24.8 Å². The van der Waals surface area contributed by atoms with Gasteiger partial charge in [-0.2, -0.15) is 0 Å². The number of hydrogen-bond acceptors (Lipinski definition) is 3. The molecule has 1 atom stereocenters. The smallest absolute Gasteiger partial charge is 0.156 e. The van der Waals surface area contributed by atoms with Crippen molar-refractivity contribution in [2.24, 2.45) is 10.9 Å². The molecule has 98 valence electrons. The lowest BCUT2D eigenvalue weighted by atomic mass is 10.0. The second-order valence-electron chi connectivity index (χ2n) is 4.64. The highest BCUT2D eigenvalue weighted by atomic mass is 19.1. The molecule has 0 amide bonds. The van der Waals surface area contributed by atoms with Crippen LogP contribution in [-0.4, -0.2) is 28.5 Å². The topological polar surface area (TPSA) is 61.9 Å². The molecule has 0 radical (unpaired) electrons. The summed E-state index contributed by atoms with van der Waals surface area (Å²) in [5.41, 5.74) is 6.62. The molecule has 18 heavy (non-hydrogen) atoms. The van der Waals surface area contributed by atoms with Crippen LogP contribution in [0.2, 0.25) is 0 Å². The summed E-state index contributed by atoms with van der Waals surface area (Å²) in [4.78, 5) is 2.13. The molecule has 1 aliphatic heterocycles. The van der Waals surface area contributed by atoms with Crippen molar-refractivity contribution < 1.29 is 9.60 Å². The molecule has 1 saturated heterocycles. The number of rotatable bonds is 3. The molecule has 1 unspecified atom stereocenters. The number of benzene rings is 1. The molecule has 1 aliphatic rings. The molecule has 4 nitrogen and oxygen atoms in total. The fourth-order valence-electron chi connectivity index (χ4n) is 2.45. The van der Waals surface area contributed by atoms with E-state index >= 15 is 0 Å². The van der Waals surface area contributed by atoms with Gasteiger partial charge in [-0.15, -0.1) is 0 Å². The average molecular weight is 251 g/mol. The molecule has 1 aromatic carbocycles. The molecule has 1 fully saturated rings. The predicted molar refractivity (Wildman–Crippen MR) is 67.9 cm³/mol. The first-order valence-electron chi connectivity index (χ1n) is 6.16. The highest BCUT2D eigenvalue weighted by Gasteiger charge is 2.25. The van der Waals surface area contributed by atoms with Crippen molar-refractivity contribution in [3.8, 4) is 0 Å². The van der Waals surface area contributed by atoms with Crippen LogP contribution >= 0.6 is 0 Å². The molecular weight excluding hydrogens is 233 g/mol. The Morgan fingerprint density at radius 1 is 1.50 bits per heavy atom. The Morgan fingerprint density at radius 2 is 2.33 bits per heavy atom. The first-order chi connectivity index (χ1) is 8.70. The van der Waals surface area contributed by atoms with Gasteiger partial charge in [0.2, 0.25) is 0 Å². The van der Waals surface area contributed by atoms with Crippen molar-refractivity contribution >= 4 is 5.84 Å². The van der Waals surface area contributed by atoms with Crippen molar-refractivity contribution in [2.45, 2.75) is 31.8 Å². The van der Waals surface area contributed by atoms with Gasteiger partial charge in [0.1, 0.15) is 5.82 Å². The SMILES string of the molecule is NC(=NO)C1CCCCN1Cc1cccc(F)c1. The van der Waals surface area contributed by atoms with Gasteiger partial charge in [0, 0.05) is 6.54 Å². The number of amidine groups is 1. The lowest BCUT2D eigenvalue weighted by Gasteiger charge is -2.34. The van der Waals surface area contributed by atoms with E-state index in [0.29, 0.717) is 6.54 Å². The van der Waals surface area contributed by atoms with E-state index in [-0.39, 0.29) is 17.7 Å². The van der Waals surface area contributed by atoms with E-state index in [1.807, 2.05) is 6.07 Å². The Labute approximate surface area is 106 Å². The minimum Gasteiger partial charge on any atom is -0.409 e. The lowest BCUT2D eigenvalue weighted by Crippen LogP contribution is -2.47. The molecule has 0 spiro atoms. The van der Waals surface area contributed by atoms with E-state index in [1.54, 1.807) is 6.07 Å². The minimum absolute atomic E-state index is 0.0491. The van der Waals surface area contributed by atoms with Crippen LogP contribution < -0.4 is 5.73 Å². The van der Waals surface area contributed by atoms with Crippen LogP contribution in [0.4, 0.5) is 4.39 Å². The predicted octanol–water partition coefficient (Wildman–Crippen LogP) is 1.93. The monoisotopic (exact) mass is 251 g/mol. The summed E-state index contributed by atoms with van der Waals surface area (Å²) >= 11 is 0. The fraction of sp³-hybridized carbons (Fsp3) is 0.462. The third kappa shape index (κ3) is 2.98. The Morgan fingerprint density at radius 3 is 3.06 bits per heavy atom. The molecule has 2 rings (SSSR count). The zero-order valence-corrected chi connectivity index (χ0v) is 10.2. The maximum absolute atomic E-state index is 13.1. The number of oxime groups is 1. The van der Waals surface area contributed by atoms with Gasteiger partial charge in [0.15, 0.2) is 5.84 Å². The van der Waals surface area contributed by atoms with Crippen LogP contribution in [0.5, 0.6) is 0 Å². The zero-order valence-electron chi connectivity index (χ0n) is 10.2. The van der Waals surface area contributed by atoms with Gasteiger partial charge in [-0.1, -0.05) is 23.7 Å². The van der Waals surface area contributed by atoms with E-state index in [4.69, 9.17) is 10.9 Å². The molecule has 0 aromatic heterocycles. The van der Waals surface area contributed by atoms with Crippen molar-refractivity contribution in [1.29, 1.82) is 0 Å². The van der Waals surface area contributed by atoms with E-state index < -0.39 is 0 Å². The summed E-state index contributed by atoms with van der Waals surface area (Å²) in [6, 6.07) is 6.50. The van der Waals surface area contributed by atoms with Crippen molar-refractivity contribution in [2.75, 3.05) is 6.54 Å². The maximum atomic E-state index is 13.1. The first kappa shape index (κ1) is 12.8. The highest BCUT2D eigenvalue weighted by Crippen LogP contribution is 2.20. The third-order valence-electron chi connectivity index (χ3n) is 3.35. The standard InChI is InChI=1S/C13H18FN3O/c14-11-5-3-4-10(8-11)9-17-7-2-1-6-12(17)13(15)16-18/h3-5,8,12,18H,1-2,6-7,9H2,(H2,15,16). The largest absolute Gasteiger partial charge is 0.409 e. The summed E-state index contributed by atoms with van der Waals surface area (Å²) in [6.45, 7) is 1.51. The fourth-order valence-corrected chi connectivity index (χ4v) is 2.45. The van der Waals surface area contributed by atoms with Crippen LogP contribution in [-0.2, 0) is 6.54 Å². The van der Waals surface area contributed by atoms with Gasteiger partial charge < -0.3 is 10.9 Å². The normalized spacial score (nSPS) is 22.1. The lowest BCUT2D eigenvalue weighted by molar-refractivity contribution is 0.178. The van der Waals surface area contributed by atoms with Gasteiger partial charge in [-0.05, 0) is 37.1 Å². The summed E-state index contributed by atoms with van der Waals surface area (Å²) in [5.74, 6) is 0.0101. The summed E-state index contributed by atoms with van der Waals surface area (Å²) < 4.78 is 13.1. The maximum Gasteiger partial charge on any atom is 0.156 e. The second kappa shape index (κ2) is 5.82. The minimum atomic E-state index is -0.232. The zero-order chi connectivity index (χ0) is 13.0. The first-order valence-corrected chi connectivity index (χ1v) is 6.16. The van der Waals surface area contributed by atoms with E-state index in [0.717, 1.165) is 31.4 Å². The van der Waals surface area contributed by atoms with E-state index in [1.165, 1.54) is 12.1 Å². The van der Waals surface area contributed by atoms with Gasteiger partial charge in [0.25, 0.3) is 0 Å². The Hall–Kier alpha value is -1.62. The number of piperidine rings is 1. The highest BCUT2D eigenvalue weighted by molar-refractivity contribution is 5.85. The van der Waals surface area contributed by atoms with Gasteiger partial charge in [-0.25, -0.2) is 4.39 Å². The van der Waals surface area contributed by atoms with E-state index in [2.05, 4.69) is 10.1 Å². The molecule has 1 heterocycles. The number of nitrogens with zero attached hydrogens (tertiary/aromatic N) is 2. The number of halogens is 1. The number of nitrogens with two attached hydrogens (primary N) is 1. The quantitative estimate of drug-likeness (QED) is 0.373. The second-order valence-corrected chi connectivity index (χ2v) is 4.64. The molecule has 0 saturated carbocycles. The summed E-state index contributed by atoms with van der Waals surface area (Å²) in [7, 11) is 0. The van der Waals surface area contributed by atoms with Crippen molar-refractivity contribution in [1.82, 2.24) is 4.90 Å². The summed E-state index contributed by atoms with van der Waals surface area (Å²) in [6.07, 6.45) is 3.04. The van der Waals surface area contributed by atoms with Crippen molar-refractivity contribution in [3.05, 3.63) is 35.6 Å². The summed E-state index contributed by atoms with van der Waals surface area (Å²) in [5, 5.41) is 11.9. The molecule has 1 aromatic rings. The molecule has 0 aliphatic carbocycles. The molecular formula is C13H18FN3O. The van der Waals surface area contributed by atoms with Gasteiger partial charge >= 0.3 is 0 Å². The number of hydrogen-bond donors (Lipinski definition) is 2. The Balaban J connectivity index is 2.10. The number of likely N-dealkylation sites (tertiary alicyclic amines) is 1. The average Bonchev–Trinajstić information content (AvgIpc) is 2.38. The third-order valence-corrected chi connectivity index (χ3v) is 3.35. The van der Waals surface area contributed by atoms with Crippen molar-refractivity contribution in [3.63, 3.8) is 0 Å². The van der Waals surface area contributed by atoms with E-state index in [9.17, 15) is 4.39 Å². The van der Waals surface area contributed by atoms with Crippen LogP contribution in [0.25, 0.3) is 0 Å². The van der Waals surface area contributed by atoms with Gasteiger partial charge in [-0.3, -0.25) is 4.90 Å². The molecule has 3 N–H and O–H groups in total. The van der Waals surface area contributed by atoms with Crippen LogP contribution in [0.15, 0.2) is 29.4 Å².